The Bertz CT molecular complexity index is 623. The lowest BCUT2D eigenvalue weighted by Gasteiger charge is -2.30. The van der Waals surface area contributed by atoms with Gasteiger partial charge in [-0.3, -0.25) is 9.59 Å². The molecule has 0 atom stereocenters. The number of carbonyl (C=O) groups excluding carboxylic acids is 2. The standard InChI is InChI=1S/C17H22N2O4/c1-22-14-9-12-5-8-19(11-13(12)10-15(14)23-2)17(21)16(20)18-6-3-4-7-18/h9-10H,3-8,11H2,1-2H3. The van der Waals surface area contributed by atoms with Crippen molar-refractivity contribution < 1.29 is 19.1 Å². The highest BCUT2D eigenvalue weighted by atomic mass is 16.5. The molecule has 1 fully saturated rings. The smallest absolute Gasteiger partial charge is 0.312 e. The molecule has 0 spiro atoms. The third-order valence-electron chi connectivity index (χ3n) is 4.58. The molecule has 2 heterocycles. The lowest BCUT2D eigenvalue weighted by atomic mass is 9.98. The van der Waals surface area contributed by atoms with Crippen molar-refractivity contribution in [1.82, 2.24) is 9.80 Å². The highest BCUT2D eigenvalue weighted by Gasteiger charge is 2.31. The number of fused-ring (bicyclic) bond motifs is 1. The Hall–Kier alpha value is -2.24. The van der Waals surface area contributed by atoms with Gasteiger partial charge in [-0.2, -0.15) is 0 Å². The maximum atomic E-state index is 12.5. The minimum absolute atomic E-state index is 0.369. The topological polar surface area (TPSA) is 59.1 Å². The molecule has 6 heteroatoms. The molecule has 0 unspecified atom stereocenters. The Labute approximate surface area is 136 Å². The Morgan fingerprint density at radius 3 is 2.04 bits per heavy atom. The lowest BCUT2D eigenvalue weighted by Crippen LogP contribution is -2.46. The number of methoxy groups -OCH3 is 2. The molecule has 0 N–H and O–H groups in total. The fourth-order valence-corrected chi connectivity index (χ4v) is 3.25. The van der Waals surface area contributed by atoms with Gasteiger partial charge in [0.15, 0.2) is 11.5 Å². The largest absolute Gasteiger partial charge is 0.493 e. The van der Waals surface area contributed by atoms with Crippen LogP contribution in [0.2, 0.25) is 0 Å². The molecule has 0 aliphatic carbocycles. The molecular weight excluding hydrogens is 296 g/mol. The van der Waals surface area contributed by atoms with Gasteiger partial charge in [-0.15, -0.1) is 0 Å². The number of amides is 2. The summed E-state index contributed by atoms with van der Waals surface area (Å²) in [5.74, 6) is 0.573. The van der Waals surface area contributed by atoms with Crippen LogP contribution >= 0.6 is 0 Å². The van der Waals surface area contributed by atoms with Crippen molar-refractivity contribution in [1.29, 1.82) is 0 Å². The summed E-state index contributed by atoms with van der Waals surface area (Å²) in [7, 11) is 3.20. The minimum Gasteiger partial charge on any atom is -0.493 e. The summed E-state index contributed by atoms with van der Waals surface area (Å²) in [4.78, 5) is 28.0. The lowest BCUT2D eigenvalue weighted by molar-refractivity contribution is -0.151. The van der Waals surface area contributed by atoms with E-state index in [-0.39, 0.29) is 5.91 Å². The number of rotatable bonds is 2. The summed E-state index contributed by atoms with van der Waals surface area (Å²) in [6, 6.07) is 3.85. The van der Waals surface area contributed by atoms with Crippen molar-refractivity contribution in [2.45, 2.75) is 25.8 Å². The summed E-state index contributed by atoms with van der Waals surface area (Å²) in [5, 5.41) is 0. The van der Waals surface area contributed by atoms with Crippen LogP contribution in [-0.2, 0) is 22.6 Å². The molecule has 3 rings (SSSR count). The molecule has 23 heavy (non-hydrogen) atoms. The second-order valence-electron chi connectivity index (χ2n) is 5.95. The van der Waals surface area contributed by atoms with Crippen LogP contribution in [0.1, 0.15) is 24.0 Å². The van der Waals surface area contributed by atoms with Gasteiger partial charge in [0.1, 0.15) is 0 Å². The first-order chi connectivity index (χ1) is 11.1. The summed E-state index contributed by atoms with van der Waals surface area (Å²) < 4.78 is 10.6. The van der Waals surface area contributed by atoms with Crippen LogP contribution in [0, 0.1) is 0 Å². The highest BCUT2D eigenvalue weighted by molar-refractivity contribution is 6.34. The molecule has 0 saturated carbocycles. The quantitative estimate of drug-likeness (QED) is 0.769. The Morgan fingerprint density at radius 1 is 0.870 bits per heavy atom. The van der Waals surface area contributed by atoms with E-state index in [1.54, 1.807) is 24.0 Å². The minimum atomic E-state index is -0.396. The van der Waals surface area contributed by atoms with Gasteiger partial charge in [-0.05, 0) is 42.5 Å². The Morgan fingerprint density at radius 2 is 1.43 bits per heavy atom. The van der Waals surface area contributed by atoms with Crippen molar-refractivity contribution in [2.75, 3.05) is 33.9 Å². The number of likely N-dealkylation sites (tertiary alicyclic amines) is 1. The number of carbonyl (C=O) groups is 2. The maximum absolute atomic E-state index is 12.5. The molecule has 124 valence electrons. The zero-order valence-corrected chi connectivity index (χ0v) is 13.6. The first-order valence-electron chi connectivity index (χ1n) is 7.96. The molecular formula is C17H22N2O4. The SMILES string of the molecule is COc1cc2c(cc1OC)CN(C(=O)C(=O)N1CCCC1)CC2. The van der Waals surface area contributed by atoms with Gasteiger partial charge in [0.2, 0.25) is 0 Å². The third kappa shape index (κ3) is 2.98. The Kier molecular flexibility index (Phi) is 4.41. The Balaban J connectivity index is 1.76. The normalized spacial score (nSPS) is 17.0. The molecule has 1 aromatic carbocycles. The van der Waals surface area contributed by atoms with Crippen LogP contribution in [0.4, 0.5) is 0 Å². The summed E-state index contributed by atoms with van der Waals surface area (Å²) in [5.41, 5.74) is 2.15. The molecule has 2 aliphatic rings. The van der Waals surface area contributed by atoms with E-state index in [1.165, 1.54) is 0 Å². The number of hydrogen-bond donors (Lipinski definition) is 0. The second-order valence-corrected chi connectivity index (χ2v) is 5.95. The van der Waals surface area contributed by atoms with Gasteiger partial charge in [0.25, 0.3) is 0 Å². The number of nitrogens with zero attached hydrogens (tertiary/aromatic N) is 2. The van der Waals surface area contributed by atoms with Gasteiger partial charge < -0.3 is 19.3 Å². The van der Waals surface area contributed by atoms with E-state index < -0.39 is 5.91 Å². The van der Waals surface area contributed by atoms with E-state index in [4.69, 9.17) is 9.47 Å². The molecule has 0 bridgehead atoms. The summed E-state index contributed by atoms with van der Waals surface area (Å²) in [6.07, 6.45) is 2.69. The molecule has 6 nitrogen and oxygen atoms in total. The van der Waals surface area contributed by atoms with Crippen LogP contribution in [0.25, 0.3) is 0 Å². The van der Waals surface area contributed by atoms with E-state index in [0.717, 1.165) is 24.0 Å². The van der Waals surface area contributed by atoms with E-state index in [0.29, 0.717) is 44.1 Å². The monoisotopic (exact) mass is 318 g/mol. The van der Waals surface area contributed by atoms with Gasteiger partial charge in [0.05, 0.1) is 14.2 Å². The predicted molar refractivity (Wildman–Crippen MR) is 84.5 cm³/mol. The highest BCUT2D eigenvalue weighted by Crippen LogP contribution is 2.33. The van der Waals surface area contributed by atoms with Gasteiger partial charge in [-0.1, -0.05) is 0 Å². The third-order valence-corrected chi connectivity index (χ3v) is 4.58. The van der Waals surface area contributed by atoms with Gasteiger partial charge in [-0.25, -0.2) is 0 Å². The van der Waals surface area contributed by atoms with Crippen LogP contribution in [0.15, 0.2) is 12.1 Å². The first kappa shape index (κ1) is 15.6. The van der Waals surface area contributed by atoms with E-state index in [2.05, 4.69) is 0 Å². The van der Waals surface area contributed by atoms with Crippen molar-refractivity contribution in [3.05, 3.63) is 23.3 Å². The second kappa shape index (κ2) is 6.48. The average molecular weight is 318 g/mol. The van der Waals surface area contributed by atoms with E-state index >= 15 is 0 Å². The zero-order chi connectivity index (χ0) is 16.4. The summed E-state index contributed by atoms with van der Waals surface area (Å²) >= 11 is 0. The number of benzene rings is 1. The predicted octanol–water partition coefficient (Wildman–Crippen LogP) is 1.21. The first-order valence-corrected chi connectivity index (χ1v) is 7.96. The van der Waals surface area contributed by atoms with Crippen molar-refractivity contribution in [3.63, 3.8) is 0 Å². The number of hydrogen-bond acceptors (Lipinski definition) is 4. The molecule has 2 aliphatic heterocycles. The average Bonchev–Trinajstić information content (AvgIpc) is 3.13. The molecule has 2 amide bonds. The van der Waals surface area contributed by atoms with Crippen LogP contribution in [0.5, 0.6) is 11.5 Å². The van der Waals surface area contributed by atoms with Crippen LogP contribution in [-0.4, -0.2) is 55.5 Å². The van der Waals surface area contributed by atoms with Crippen molar-refractivity contribution in [2.24, 2.45) is 0 Å². The van der Waals surface area contributed by atoms with Crippen LogP contribution in [0.3, 0.4) is 0 Å². The maximum Gasteiger partial charge on any atom is 0.312 e. The zero-order valence-electron chi connectivity index (χ0n) is 13.6. The fraction of sp³-hybridized carbons (Fsp3) is 0.529. The van der Waals surface area contributed by atoms with Gasteiger partial charge >= 0.3 is 11.8 Å². The number of ether oxygens (including phenoxy) is 2. The van der Waals surface area contributed by atoms with E-state index in [9.17, 15) is 9.59 Å². The van der Waals surface area contributed by atoms with Crippen molar-refractivity contribution >= 4 is 11.8 Å². The summed E-state index contributed by atoms with van der Waals surface area (Å²) in [6.45, 7) is 2.38. The molecule has 0 radical (unpaired) electrons. The molecule has 1 saturated heterocycles. The molecule has 0 aromatic heterocycles. The van der Waals surface area contributed by atoms with Crippen LogP contribution < -0.4 is 9.47 Å². The fourth-order valence-electron chi connectivity index (χ4n) is 3.25. The van der Waals surface area contributed by atoms with E-state index in [1.807, 2.05) is 12.1 Å². The molecule has 1 aromatic rings. The van der Waals surface area contributed by atoms with Gasteiger partial charge in [0, 0.05) is 26.2 Å². The van der Waals surface area contributed by atoms with Crippen molar-refractivity contribution in [3.8, 4) is 11.5 Å².